The normalized spacial score (nSPS) is 11.9. The van der Waals surface area contributed by atoms with Crippen molar-refractivity contribution in [1.82, 2.24) is 19.9 Å². The Balaban J connectivity index is 1.86. The maximum absolute atomic E-state index is 4.66. The number of hydrogen-bond acceptors (Lipinski definition) is 2. The van der Waals surface area contributed by atoms with Crippen LogP contribution in [0.5, 0.6) is 0 Å². The lowest BCUT2D eigenvalue weighted by atomic mass is 10.3. The lowest BCUT2D eigenvalue weighted by Gasteiger charge is -2.28. The van der Waals surface area contributed by atoms with Gasteiger partial charge in [-0.1, -0.05) is 36.4 Å². The number of H-pyrrole nitrogens is 2. The average molecular weight is 419 g/mol. The number of hydrogen-bond donors (Lipinski definition) is 2. The second-order valence-electron chi connectivity index (χ2n) is 7.54. The number of benzene rings is 2. The van der Waals surface area contributed by atoms with Crippen LogP contribution in [0.25, 0.3) is 21.8 Å². The molecule has 0 fully saturated rings. The standard InChI is InChI=1S/C26H20N4P/c1-3-7-19(8-4-1)31(20-9-5-2-6-10-20,25-17-27-15-23-21(25)11-13-29-23)26-18-28-16-24-22(26)12-14-30-24/h1-18,29-30H/q+1. The van der Waals surface area contributed by atoms with Crippen molar-refractivity contribution in [3.63, 3.8) is 0 Å². The molecule has 0 radical (unpaired) electrons. The Morgan fingerprint density at radius 1 is 0.516 bits per heavy atom. The van der Waals surface area contributed by atoms with Crippen molar-refractivity contribution >= 4 is 50.3 Å². The number of nitrogens with zero attached hydrogens (tertiary/aromatic N) is 2. The maximum atomic E-state index is 4.66. The fraction of sp³-hybridized carbons (Fsp3) is 0. The van der Waals surface area contributed by atoms with E-state index in [4.69, 9.17) is 0 Å². The van der Waals surface area contributed by atoms with Crippen LogP contribution in [0, 0.1) is 0 Å². The quantitative estimate of drug-likeness (QED) is 0.424. The largest absolute Gasteiger partial charge is 0.360 e. The highest BCUT2D eigenvalue weighted by molar-refractivity contribution is 8.02. The number of nitrogens with one attached hydrogen (secondary N) is 2. The van der Waals surface area contributed by atoms with Gasteiger partial charge in [0.2, 0.25) is 0 Å². The number of pyridine rings is 2. The third-order valence-electron chi connectivity index (χ3n) is 5.92. The van der Waals surface area contributed by atoms with Gasteiger partial charge in [-0.2, -0.15) is 0 Å². The van der Waals surface area contributed by atoms with Crippen LogP contribution in [0.2, 0.25) is 0 Å². The zero-order valence-electron chi connectivity index (χ0n) is 16.7. The van der Waals surface area contributed by atoms with Crippen LogP contribution in [0.15, 0.2) is 110 Å². The Bertz CT molecular complexity index is 1370. The SMILES string of the molecule is c1ccc([P+](c2ccccc2)(c2cncc3[nH]ccc23)c2cncc3[nH]ccc23)cc1. The first-order valence-electron chi connectivity index (χ1n) is 10.2. The summed E-state index contributed by atoms with van der Waals surface area (Å²) in [5.74, 6) is 0. The number of aromatic amines is 2. The van der Waals surface area contributed by atoms with E-state index < -0.39 is 7.26 Å². The van der Waals surface area contributed by atoms with Gasteiger partial charge in [0, 0.05) is 23.2 Å². The van der Waals surface area contributed by atoms with E-state index in [1.807, 2.05) is 24.8 Å². The molecule has 0 saturated carbocycles. The molecule has 0 spiro atoms. The summed E-state index contributed by atoms with van der Waals surface area (Å²) >= 11 is 0. The molecule has 0 amide bonds. The third kappa shape index (κ3) is 2.66. The molecule has 0 saturated heterocycles. The van der Waals surface area contributed by atoms with Crippen LogP contribution < -0.4 is 21.2 Å². The molecule has 4 aromatic heterocycles. The first kappa shape index (κ1) is 18.1. The van der Waals surface area contributed by atoms with E-state index >= 15 is 0 Å². The Labute approximate surface area is 180 Å². The molecule has 31 heavy (non-hydrogen) atoms. The van der Waals surface area contributed by atoms with Crippen molar-refractivity contribution in [1.29, 1.82) is 0 Å². The van der Waals surface area contributed by atoms with E-state index in [9.17, 15) is 0 Å². The summed E-state index contributed by atoms with van der Waals surface area (Å²) in [6, 6.07) is 26.0. The number of fused-ring (bicyclic) bond motifs is 2. The van der Waals surface area contributed by atoms with Crippen molar-refractivity contribution in [2.45, 2.75) is 0 Å². The van der Waals surface area contributed by atoms with Crippen molar-refractivity contribution < 1.29 is 0 Å². The van der Waals surface area contributed by atoms with E-state index in [-0.39, 0.29) is 0 Å². The molecule has 0 aliphatic heterocycles. The highest BCUT2D eigenvalue weighted by Crippen LogP contribution is 2.56. The smallest absolute Gasteiger partial charge is 0.149 e. The molecule has 0 unspecified atom stereocenters. The topological polar surface area (TPSA) is 57.4 Å². The van der Waals surface area contributed by atoms with Crippen molar-refractivity contribution in [2.75, 3.05) is 0 Å². The molecule has 2 N–H and O–H groups in total. The highest BCUT2D eigenvalue weighted by atomic mass is 31.2. The highest BCUT2D eigenvalue weighted by Gasteiger charge is 2.50. The number of aromatic nitrogens is 4. The van der Waals surface area contributed by atoms with E-state index in [0.29, 0.717) is 0 Å². The fourth-order valence-corrected chi connectivity index (χ4v) is 9.10. The van der Waals surface area contributed by atoms with Crippen LogP contribution in [0.1, 0.15) is 0 Å². The summed E-state index contributed by atoms with van der Waals surface area (Å²) in [5, 5.41) is 7.44. The van der Waals surface area contributed by atoms with Crippen molar-refractivity contribution in [2.24, 2.45) is 0 Å². The van der Waals surface area contributed by atoms with E-state index in [1.54, 1.807) is 0 Å². The van der Waals surface area contributed by atoms with Gasteiger partial charge >= 0.3 is 0 Å². The monoisotopic (exact) mass is 419 g/mol. The molecule has 4 nitrogen and oxygen atoms in total. The summed E-state index contributed by atoms with van der Waals surface area (Å²) in [6.45, 7) is 0. The molecule has 0 aliphatic carbocycles. The zero-order valence-corrected chi connectivity index (χ0v) is 17.6. The van der Waals surface area contributed by atoms with E-state index in [2.05, 4.69) is 105 Å². The molecular weight excluding hydrogens is 399 g/mol. The Morgan fingerprint density at radius 2 is 0.968 bits per heavy atom. The van der Waals surface area contributed by atoms with Gasteiger partial charge in [0.1, 0.15) is 28.5 Å². The van der Waals surface area contributed by atoms with Gasteiger partial charge in [0.05, 0.1) is 35.8 Å². The molecule has 0 bridgehead atoms. The molecule has 0 aliphatic rings. The molecule has 2 aromatic carbocycles. The maximum Gasteiger partial charge on any atom is 0.149 e. The van der Waals surface area contributed by atoms with Crippen molar-refractivity contribution in [3.8, 4) is 0 Å². The average Bonchev–Trinajstić information content (AvgIpc) is 3.51. The van der Waals surface area contributed by atoms with Crippen LogP contribution in [-0.2, 0) is 0 Å². The minimum atomic E-state index is -2.30. The van der Waals surface area contributed by atoms with Gasteiger partial charge in [-0.25, -0.2) is 0 Å². The summed E-state index contributed by atoms with van der Waals surface area (Å²) in [5.41, 5.74) is 2.09. The Hall–Kier alpha value is -3.75. The first-order valence-corrected chi connectivity index (χ1v) is 12.0. The van der Waals surface area contributed by atoms with Gasteiger partial charge in [-0.15, -0.1) is 0 Å². The molecule has 0 atom stereocenters. The van der Waals surface area contributed by atoms with Crippen LogP contribution in [0.4, 0.5) is 0 Å². The second kappa shape index (κ2) is 7.19. The van der Waals surface area contributed by atoms with Crippen LogP contribution >= 0.6 is 7.26 Å². The van der Waals surface area contributed by atoms with Gasteiger partial charge in [-0.3, -0.25) is 9.97 Å². The number of rotatable bonds is 4. The lowest BCUT2D eigenvalue weighted by Crippen LogP contribution is -2.39. The molecular formula is C26H20N4P+. The van der Waals surface area contributed by atoms with Gasteiger partial charge in [-0.05, 0) is 36.4 Å². The Kier molecular flexibility index (Phi) is 4.19. The Morgan fingerprint density at radius 3 is 1.42 bits per heavy atom. The van der Waals surface area contributed by atoms with Gasteiger partial charge in [0.15, 0.2) is 0 Å². The molecule has 6 aromatic rings. The summed E-state index contributed by atoms with van der Waals surface area (Å²) in [4.78, 5) is 16.0. The second-order valence-corrected chi connectivity index (χ2v) is 10.9. The summed E-state index contributed by atoms with van der Waals surface area (Å²) < 4.78 is 0. The lowest BCUT2D eigenvalue weighted by molar-refractivity contribution is 1.35. The zero-order chi connectivity index (χ0) is 20.7. The van der Waals surface area contributed by atoms with Gasteiger partial charge in [0.25, 0.3) is 0 Å². The predicted molar refractivity (Wildman–Crippen MR) is 131 cm³/mol. The van der Waals surface area contributed by atoms with E-state index in [0.717, 1.165) is 11.0 Å². The molecule has 4 heterocycles. The predicted octanol–water partition coefficient (Wildman–Crippen LogP) is 4.06. The molecule has 148 valence electrons. The summed E-state index contributed by atoms with van der Waals surface area (Å²) in [7, 11) is -2.30. The minimum Gasteiger partial charge on any atom is -0.360 e. The molecule has 6 rings (SSSR count). The molecule has 5 heteroatoms. The summed E-state index contributed by atoms with van der Waals surface area (Å²) in [6.07, 6.45) is 11.9. The minimum absolute atomic E-state index is 1.04. The fourth-order valence-electron chi connectivity index (χ4n) is 4.60. The van der Waals surface area contributed by atoms with E-state index in [1.165, 1.54) is 32.0 Å². The first-order chi connectivity index (χ1) is 15.4. The third-order valence-corrected chi connectivity index (χ3v) is 10.2. The van der Waals surface area contributed by atoms with Crippen molar-refractivity contribution in [3.05, 3.63) is 110 Å². The van der Waals surface area contributed by atoms with Gasteiger partial charge < -0.3 is 9.97 Å². The van der Waals surface area contributed by atoms with Crippen LogP contribution in [-0.4, -0.2) is 19.9 Å². The van der Waals surface area contributed by atoms with Crippen LogP contribution in [0.3, 0.4) is 0 Å².